The third-order valence-electron chi connectivity index (χ3n) is 3.01. The van der Waals surface area contributed by atoms with Crippen molar-refractivity contribution in [2.75, 3.05) is 11.5 Å². The first-order valence-corrected chi connectivity index (χ1v) is 8.41. The van der Waals surface area contributed by atoms with Gasteiger partial charge in [-0.05, 0) is 18.8 Å². The van der Waals surface area contributed by atoms with Gasteiger partial charge in [0.25, 0.3) is 0 Å². The molecule has 6 heteroatoms. The molecule has 0 saturated carbocycles. The van der Waals surface area contributed by atoms with Gasteiger partial charge in [-0.2, -0.15) is 0 Å². The summed E-state index contributed by atoms with van der Waals surface area (Å²) in [5.74, 6) is -1.33. The smallest absolute Gasteiger partial charge is 0.235 e. The van der Waals surface area contributed by atoms with Gasteiger partial charge in [-0.1, -0.05) is 34.1 Å². The van der Waals surface area contributed by atoms with Crippen LogP contribution in [0.1, 0.15) is 41.0 Å². The zero-order valence-electron chi connectivity index (χ0n) is 12.4. The molecule has 0 aromatic rings. The van der Waals surface area contributed by atoms with Crippen molar-refractivity contribution in [3.05, 3.63) is 0 Å². The van der Waals surface area contributed by atoms with E-state index in [1.807, 2.05) is 13.8 Å². The van der Waals surface area contributed by atoms with Gasteiger partial charge < -0.3 is 5.32 Å². The monoisotopic (exact) mass is 291 g/mol. The maximum atomic E-state index is 11.8. The van der Waals surface area contributed by atoms with E-state index in [0.29, 0.717) is 0 Å². The molecule has 0 rings (SSSR count). The van der Waals surface area contributed by atoms with E-state index < -0.39 is 27.5 Å². The Balaban J connectivity index is 4.57. The lowest BCUT2D eigenvalue weighted by Gasteiger charge is -2.19. The summed E-state index contributed by atoms with van der Waals surface area (Å²) in [5.41, 5.74) is 0. The van der Waals surface area contributed by atoms with E-state index in [4.69, 9.17) is 0 Å². The molecule has 19 heavy (non-hydrogen) atoms. The van der Waals surface area contributed by atoms with E-state index >= 15 is 0 Å². The Morgan fingerprint density at radius 3 is 2.05 bits per heavy atom. The lowest BCUT2D eigenvalue weighted by molar-refractivity contribution is -0.126. The van der Waals surface area contributed by atoms with Gasteiger partial charge in [0.15, 0.2) is 15.6 Å². The number of carbonyl (C=O) groups excluding carboxylic acids is 2. The second-order valence-corrected chi connectivity index (χ2v) is 7.58. The minimum Gasteiger partial charge on any atom is -0.345 e. The minimum absolute atomic E-state index is 0.00331. The molecule has 0 aliphatic heterocycles. The SMILES string of the molecule is CCC(C)CS(=O)(=O)CC(=O)NC(C(C)=O)C(C)C. The van der Waals surface area contributed by atoms with Crippen molar-refractivity contribution < 1.29 is 18.0 Å². The average molecular weight is 291 g/mol. The second-order valence-electron chi connectivity index (χ2n) is 5.47. The molecule has 0 bridgehead atoms. The number of sulfone groups is 1. The summed E-state index contributed by atoms with van der Waals surface area (Å²) in [7, 11) is -3.41. The Bertz CT molecular complexity index is 414. The third-order valence-corrected chi connectivity index (χ3v) is 4.79. The van der Waals surface area contributed by atoms with Gasteiger partial charge in [0, 0.05) is 0 Å². The molecule has 0 heterocycles. The zero-order chi connectivity index (χ0) is 15.2. The standard InChI is InChI=1S/C13H25NO4S/c1-6-10(4)7-19(17,18)8-12(16)14-13(9(2)3)11(5)15/h9-10,13H,6-8H2,1-5H3,(H,14,16). The van der Waals surface area contributed by atoms with Crippen LogP contribution in [0.3, 0.4) is 0 Å². The van der Waals surface area contributed by atoms with Crippen LogP contribution in [0.5, 0.6) is 0 Å². The first kappa shape index (κ1) is 18.1. The van der Waals surface area contributed by atoms with Gasteiger partial charge in [0.1, 0.15) is 5.75 Å². The van der Waals surface area contributed by atoms with E-state index in [9.17, 15) is 18.0 Å². The van der Waals surface area contributed by atoms with Crippen LogP contribution in [0.4, 0.5) is 0 Å². The summed E-state index contributed by atoms with van der Waals surface area (Å²) >= 11 is 0. The Labute approximate surface area is 116 Å². The topological polar surface area (TPSA) is 80.3 Å². The van der Waals surface area contributed by atoms with Gasteiger partial charge in [0.05, 0.1) is 11.8 Å². The molecule has 2 unspecified atom stereocenters. The van der Waals surface area contributed by atoms with Crippen LogP contribution in [-0.2, 0) is 19.4 Å². The van der Waals surface area contributed by atoms with E-state index in [2.05, 4.69) is 5.32 Å². The van der Waals surface area contributed by atoms with Crippen molar-refractivity contribution in [2.24, 2.45) is 11.8 Å². The van der Waals surface area contributed by atoms with Gasteiger partial charge in [0.2, 0.25) is 5.91 Å². The van der Waals surface area contributed by atoms with Gasteiger partial charge in [-0.25, -0.2) is 8.42 Å². The van der Waals surface area contributed by atoms with E-state index in [1.165, 1.54) is 6.92 Å². The zero-order valence-corrected chi connectivity index (χ0v) is 13.2. The molecule has 0 fully saturated rings. The van der Waals surface area contributed by atoms with E-state index in [-0.39, 0.29) is 23.4 Å². The molecular formula is C13H25NO4S. The maximum absolute atomic E-state index is 11.8. The molecule has 112 valence electrons. The second kappa shape index (κ2) is 7.62. The summed E-state index contributed by atoms with van der Waals surface area (Å²) in [6.07, 6.45) is 0.753. The summed E-state index contributed by atoms with van der Waals surface area (Å²) in [5, 5.41) is 2.50. The number of ketones is 1. The number of hydrogen-bond acceptors (Lipinski definition) is 4. The normalized spacial score (nSPS) is 15.1. The molecule has 0 aliphatic carbocycles. The van der Waals surface area contributed by atoms with Crippen molar-refractivity contribution in [1.82, 2.24) is 5.32 Å². The van der Waals surface area contributed by atoms with E-state index in [0.717, 1.165) is 6.42 Å². The Morgan fingerprint density at radius 2 is 1.68 bits per heavy atom. The Hall–Kier alpha value is -0.910. The van der Waals surface area contributed by atoms with Crippen LogP contribution in [0.2, 0.25) is 0 Å². The fraction of sp³-hybridized carbons (Fsp3) is 0.846. The highest BCUT2D eigenvalue weighted by molar-refractivity contribution is 7.92. The highest BCUT2D eigenvalue weighted by atomic mass is 32.2. The number of carbonyl (C=O) groups is 2. The van der Waals surface area contributed by atoms with Crippen LogP contribution in [0, 0.1) is 11.8 Å². The highest BCUT2D eigenvalue weighted by Crippen LogP contribution is 2.07. The van der Waals surface area contributed by atoms with Gasteiger partial charge in [-0.3, -0.25) is 9.59 Å². The van der Waals surface area contributed by atoms with Crippen molar-refractivity contribution in [3.63, 3.8) is 0 Å². The Kier molecular flexibility index (Phi) is 7.26. The molecule has 0 saturated heterocycles. The van der Waals surface area contributed by atoms with Crippen molar-refractivity contribution in [2.45, 2.75) is 47.1 Å². The Morgan fingerprint density at radius 1 is 1.16 bits per heavy atom. The quantitative estimate of drug-likeness (QED) is 0.728. The predicted octanol–water partition coefficient (Wildman–Crippen LogP) is 1.18. The van der Waals surface area contributed by atoms with Gasteiger partial charge in [-0.15, -0.1) is 0 Å². The summed E-state index contributed by atoms with van der Waals surface area (Å²) in [6.45, 7) is 8.74. The van der Waals surface area contributed by atoms with Gasteiger partial charge >= 0.3 is 0 Å². The molecule has 0 spiro atoms. The van der Waals surface area contributed by atoms with E-state index in [1.54, 1.807) is 13.8 Å². The first-order valence-electron chi connectivity index (χ1n) is 6.59. The number of hydrogen-bond donors (Lipinski definition) is 1. The lowest BCUT2D eigenvalue weighted by Crippen LogP contribution is -2.45. The molecule has 1 N–H and O–H groups in total. The summed E-state index contributed by atoms with van der Waals surface area (Å²) in [4.78, 5) is 23.1. The largest absolute Gasteiger partial charge is 0.345 e. The fourth-order valence-electron chi connectivity index (χ4n) is 1.76. The molecule has 5 nitrogen and oxygen atoms in total. The summed E-state index contributed by atoms with van der Waals surface area (Å²) in [6, 6.07) is -0.619. The third kappa shape index (κ3) is 7.30. The molecule has 1 amide bonds. The molecule has 0 aromatic heterocycles. The van der Waals surface area contributed by atoms with Crippen LogP contribution in [-0.4, -0.2) is 37.7 Å². The molecule has 0 aliphatic rings. The van der Waals surface area contributed by atoms with Crippen molar-refractivity contribution in [1.29, 1.82) is 0 Å². The minimum atomic E-state index is -3.41. The number of Topliss-reactive ketones (excluding diaryl/α,β-unsaturated/α-hetero) is 1. The number of amides is 1. The number of rotatable bonds is 8. The number of nitrogens with one attached hydrogen (secondary N) is 1. The van der Waals surface area contributed by atoms with Crippen molar-refractivity contribution in [3.8, 4) is 0 Å². The lowest BCUT2D eigenvalue weighted by atomic mass is 10.0. The van der Waals surface area contributed by atoms with Crippen LogP contribution in [0.25, 0.3) is 0 Å². The van der Waals surface area contributed by atoms with Crippen molar-refractivity contribution >= 4 is 21.5 Å². The predicted molar refractivity (Wildman–Crippen MR) is 75.6 cm³/mol. The molecule has 0 aromatic carbocycles. The van der Waals surface area contributed by atoms with Crippen LogP contribution >= 0.6 is 0 Å². The average Bonchev–Trinajstić information content (AvgIpc) is 2.23. The fourth-order valence-corrected chi connectivity index (χ4v) is 3.47. The highest BCUT2D eigenvalue weighted by Gasteiger charge is 2.24. The first-order chi connectivity index (χ1) is 8.59. The molecule has 0 radical (unpaired) electrons. The molecular weight excluding hydrogens is 266 g/mol. The molecule has 2 atom stereocenters. The summed E-state index contributed by atoms with van der Waals surface area (Å²) < 4.78 is 23.6. The van der Waals surface area contributed by atoms with Crippen LogP contribution in [0.15, 0.2) is 0 Å². The van der Waals surface area contributed by atoms with Crippen LogP contribution < -0.4 is 5.32 Å². The maximum Gasteiger partial charge on any atom is 0.235 e.